The Hall–Kier alpha value is -0.840. The number of benzene rings is 1. The number of hydrogen-bond donors (Lipinski definition) is 0. The zero-order chi connectivity index (χ0) is 10.6. The number of esters is 1. The monoisotopic (exact) mass is 216 g/mol. The molecule has 15 heavy (non-hydrogen) atoms. The van der Waals surface area contributed by atoms with Gasteiger partial charge in [-0.2, -0.15) is 0 Å². The van der Waals surface area contributed by atoms with Gasteiger partial charge < -0.3 is 14.6 Å². The van der Waals surface area contributed by atoms with Crippen LogP contribution in [0, 0.1) is 0 Å². The molecule has 0 aromatic heterocycles. The molecule has 5 heteroatoms. The minimum absolute atomic E-state index is 0. The maximum Gasteiger partial charge on any atom is 1.00 e. The van der Waals surface area contributed by atoms with Crippen LogP contribution < -0.4 is 34.7 Å². The van der Waals surface area contributed by atoms with Crippen LogP contribution >= 0.6 is 0 Å². The molecule has 0 aliphatic rings. The standard InChI is InChI=1S/C10H10O4.Na/c1-2-14-10(13)8-5-3-7(4-6-8)9(11)12;/h3-6H,2H2,1H3,(H,11,12);/q;+1/p-1. The Bertz CT molecular complexity index is 345. The third kappa shape index (κ3) is 4.03. The predicted octanol–water partition coefficient (Wildman–Crippen LogP) is -2.77. The summed E-state index contributed by atoms with van der Waals surface area (Å²) >= 11 is 0. The topological polar surface area (TPSA) is 66.4 Å². The Morgan fingerprint density at radius 2 is 1.67 bits per heavy atom. The number of carboxylic acids is 1. The van der Waals surface area contributed by atoms with E-state index in [1.807, 2.05) is 0 Å². The van der Waals surface area contributed by atoms with Gasteiger partial charge in [-0.3, -0.25) is 0 Å². The molecule has 1 rings (SSSR count). The molecule has 0 saturated heterocycles. The van der Waals surface area contributed by atoms with Crippen LogP contribution in [0.15, 0.2) is 24.3 Å². The Labute approximate surface area is 110 Å². The predicted molar refractivity (Wildman–Crippen MR) is 46.7 cm³/mol. The molecule has 1 aromatic rings. The van der Waals surface area contributed by atoms with Gasteiger partial charge in [0.2, 0.25) is 0 Å². The second kappa shape index (κ2) is 6.61. The number of aromatic carboxylic acids is 1. The van der Waals surface area contributed by atoms with E-state index in [9.17, 15) is 14.7 Å². The number of hydrogen-bond acceptors (Lipinski definition) is 4. The van der Waals surface area contributed by atoms with Gasteiger partial charge in [-0.25, -0.2) is 4.79 Å². The van der Waals surface area contributed by atoms with Crippen LogP contribution in [0.2, 0.25) is 0 Å². The molecule has 0 saturated carbocycles. The van der Waals surface area contributed by atoms with Crippen molar-refractivity contribution >= 4 is 11.9 Å². The maximum atomic E-state index is 11.1. The molecule has 0 N–H and O–H groups in total. The maximum absolute atomic E-state index is 11.1. The van der Waals surface area contributed by atoms with Gasteiger partial charge in [-0.15, -0.1) is 0 Å². The quantitative estimate of drug-likeness (QED) is 0.405. The normalized spacial score (nSPS) is 8.87. The van der Waals surface area contributed by atoms with Crippen LogP contribution in [0.3, 0.4) is 0 Å². The molecular formula is C10H9NaO4. The molecule has 0 aliphatic carbocycles. The molecule has 0 amide bonds. The molecule has 4 nitrogen and oxygen atoms in total. The first-order valence-corrected chi connectivity index (χ1v) is 4.13. The SMILES string of the molecule is CCOC(=O)c1ccc(C(=O)[O-])cc1.[Na+]. The van der Waals surface area contributed by atoms with Gasteiger partial charge in [0.15, 0.2) is 0 Å². The Morgan fingerprint density at radius 3 is 2.07 bits per heavy atom. The van der Waals surface area contributed by atoms with E-state index in [0.29, 0.717) is 12.2 Å². The Morgan fingerprint density at radius 1 is 1.20 bits per heavy atom. The van der Waals surface area contributed by atoms with E-state index < -0.39 is 11.9 Å². The van der Waals surface area contributed by atoms with Crippen LogP contribution in [0.1, 0.15) is 27.6 Å². The first-order chi connectivity index (χ1) is 6.65. The van der Waals surface area contributed by atoms with Gasteiger partial charge >= 0.3 is 35.5 Å². The van der Waals surface area contributed by atoms with Crippen molar-refractivity contribution in [3.8, 4) is 0 Å². The summed E-state index contributed by atoms with van der Waals surface area (Å²) in [7, 11) is 0. The first kappa shape index (κ1) is 14.2. The zero-order valence-electron chi connectivity index (χ0n) is 8.65. The van der Waals surface area contributed by atoms with Crippen LogP contribution in [-0.4, -0.2) is 18.5 Å². The van der Waals surface area contributed by atoms with E-state index in [1.54, 1.807) is 6.92 Å². The summed E-state index contributed by atoms with van der Waals surface area (Å²) in [5.74, 6) is -1.72. The second-order valence-corrected chi connectivity index (χ2v) is 2.59. The second-order valence-electron chi connectivity index (χ2n) is 2.59. The fourth-order valence-corrected chi connectivity index (χ4v) is 0.957. The van der Waals surface area contributed by atoms with Crippen LogP contribution in [-0.2, 0) is 4.74 Å². The molecule has 0 radical (unpaired) electrons. The molecule has 74 valence electrons. The average molecular weight is 216 g/mol. The van der Waals surface area contributed by atoms with Gasteiger partial charge in [0.25, 0.3) is 0 Å². The van der Waals surface area contributed by atoms with Gasteiger partial charge in [0, 0.05) is 0 Å². The summed E-state index contributed by atoms with van der Waals surface area (Å²) in [4.78, 5) is 21.5. The van der Waals surface area contributed by atoms with E-state index in [1.165, 1.54) is 24.3 Å². The van der Waals surface area contributed by atoms with Crippen molar-refractivity contribution in [2.75, 3.05) is 6.61 Å². The third-order valence-corrected chi connectivity index (χ3v) is 1.63. The Kier molecular flexibility index (Phi) is 6.24. The van der Waals surface area contributed by atoms with E-state index in [4.69, 9.17) is 4.74 Å². The van der Waals surface area contributed by atoms with Gasteiger partial charge in [-0.05, 0) is 24.6 Å². The van der Waals surface area contributed by atoms with Crippen LogP contribution in [0.5, 0.6) is 0 Å². The summed E-state index contributed by atoms with van der Waals surface area (Å²) in [6, 6.07) is 5.40. The number of rotatable bonds is 3. The number of ether oxygens (including phenoxy) is 1. The molecule has 0 spiro atoms. The van der Waals surface area contributed by atoms with Crippen molar-refractivity contribution in [3.05, 3.63) is 35.4 Å². The Balaban J connectivity index is 0.00000196. The van der Waals surface area contributed by atoms with Crippen LogP contribution in [0.25, 0.3) is 0 Å². The van der Waals surface area contributed by atoms with E-state index in [2.05, 4.69) is 0 Å². The minimum atomic E-state index is -1.26. The first-order valence-electron chi connectivity index (χ1n) is 4.13. The summed E-state index contributed by atoms with van der Waals surface area (Å²) < 4.78 is 4.73. The summed E-state index contributed by atoms with van der Waals surface area (Å²) in [5, 5.41) is 10.4. The van der Waals surface area contributed by atoms with Crippen LogP contribution in [0.4, 0.5) is 0 Å². The largest absolute Gasteiger partial charge is 1.00 e. The third-order valence-electron chi connectivity index (χ3n) is 1.63. The fraction of sp³-hybridized carbons (Fsp3) is 0.200. The van der Waals surface area contributed by atoms with E-state index in [0.717, 1.165) is 0 Å². The molecular weight excluding hydrogens is 207 g/mol. The fourth-order valence-electron chi connectivity index (χ4n) is 0.957. The average Bonchev–Trinajstić information content (AvgIpc) is 2.18. The van der Waals surface area contributed by atoms with Crippen molar-refractivity contribution in [2.24, 2.45) is 0 Å². The molecule has 1 aromatic carbocycles. The van der Waals surface area contributed by atoms with Crippen molar-refractivity contribution in [3.63, 3.8) is 0 Å². The van der Waals surface area contributed by atoms with Gasteiger partial charge in [-0.1, -0.05) is 12.1 Å². The molecule has 0 aliphatic heterocycles. The van der Waals surface area contributed by atoms with Crippen molar-refractivity contribution in [2.45, 2.75) is 6.92 Å². The van der Waals surface area contributed by atoms with E-state index >= 15 is 0 Å². The molecule has 0 heterocycles. The van der Waals surface area contributed by atoms with Crippen molar-refractivity contribution in [1.82, 2.24) is 0 Å². The van der Waals surface area contributed by atoms with E-state index in [-0.39, 0.29) is 35.1 Å². The molecule has 0 atom stereocenters. The van der Waals surface area contributed by atoms with Crippen molar-refractivity contribution < 1.29 is 49.0 Å². The van der Waals surface area contributed by atoms with Gasteiger partial charge in [0.1, 0.15) is 0 Å². The summed E-state index contributed by atoms with van der Waals surface area (Å²) in [5.41, 5.74) is 0.370. The minimum Gasteiger partial charge on any atom is -0.545 e. The number of carbonyl (C=O) groups is 2. The number of carboxylic acid groups (broad SMARTS) is 1. The molecule has 0 fully saturated rings. The van der Waals surface area contributed by atoms with Gasteiger partial charge in [0.05, 0.1) is 18.1 Å². The number of carbonyl (C=O) groups excluding carboxylic acids is 2. The summed E-state index contributed by atoms with van der Waals surface area (Å²) in [6.45, 7) is 1.99. The van der Waals surface area contributed by atoms with Crippen molar-refractivity contribution in [1.29, 1.82) is 0 Å². The smallest absolute Gasteiger partial charge is 0.545 e. The zero-order valence-corrected chi connectivity index (χ0v) is 10.6. The summed E-state index contributed by atoms with van der Waals surface area (Å²) in [6.07, 6.45) is 0. The molecule has 0 unspecified atom stereocenters. The molecule has 0 bridgehead atoms.